The highest BCUT2D eigenvalue weighted by Crippen LogP contribution is 2.16. The van der Waals surface area contributed by atoms with Gasteiger partial charge in [-0.2, -0.15) is 0 Å². The lowest BCUT2D eigenvalue weighted by atomic mass is 10.1. The summed E-state index contributed by atoms with van der Waals surface area (Å²) in [6.45, 7) is 6.82. The molecule has 1 aliphatic rings. The zero-order valence-electron chi connectivity index (χ0n) is 20.3. The van der Waals surface area contributed by atoms with Gasteiger partial charge in [-0.15, -0.1) is 0 Å². The van der Waals surface area contributed by atoms with Crippen molar-refractivity contribution in [1.29, 1.82) is 0 Å². The molecule has 3 rings (SSSR count). The van der Waals surface area contributed by atoms with Crippen LogP contribution in [0.1, 0.15) is 48.5 Å². The molecule has 2 aromatic carbocycles. The van der Waals surface area contributed by atoms with Gasteiger partial charge in [0, 0.05) is 57.8 Å². The van der Waals surface area contributed by atoms with Crippen molar-refractivity contribution in [2.45, 2.75) is 39.2 Å². The van der Waals surface area contributed by atoms with E-state index in [4.69, 9.17) is 4.74 Å². The van der Waals surface area contributed by atoms with Gasteiger partial charge in [0.2, 0.25) is 5.91 Å². The summed E-state index contributed by atoms with van der Waals surface area (Å²) >= 11 is 0. The number of carbonyl (C=O) groups is 2. The number of ether oxygens (including phenoxy) is 1. The van der Waals surface area contributed by atoms with Crippen molar-refractivity contribution in [2.75, 3.05) is 46.4 Å². The smallest absolute Gasteiger partial charge is 0.254 e. The molecule has 1 aliphatic heterocycles. The van der Waals surface area contributed by atoms with Gasteiger partial charge in [0.25, 0.3) is 5.91 Å². The van der Waals surface area contributed by atoms with E-state index in [0.29, 0.717) is 43.9 Å². The van der Waals surface area contributed by atoms with Crippen molar-refractivity contribution in [3.63, 3.8) is 0 Å². The average molecular weight is 470 g/mol. The minimum absolute atomic E-state index is 0.0163. The highest BCUT2D eigenvalue weighted by molar-refractivity contribution is 5.94. The molecule has 0 radical (unpaired) electrons. The third-order valence-electron chi connectivity index (χ3n) is 6.30. The quantitative estimate of drug-likeness (QED) is 0.463. The molecule has 2 amide bonds. The topological polar surface area (TPSA) is 53.1 Å². The molecule has 0 aliphatic carbocycles. The molecule has 0 unspecified atom stereocenters. The zero-order valence-corrected chi connectivity index (χ0v) is 20.3. The van der Waals surface area contributed by atoms with Crippen LogP contribution in [-0.4, -0.2) is 72.9 Å². The lowest BCUT2D eigenvalue weighted by Crippen LogP contribution is -2.50. The third-order valence-corrected chi connectivity index (χ3v) is 6.30. The van der Waals surface area contributed by atoms with Gasteiger partial charge < -0.3 is 14.5 Å². The Morgan fingerprint density at radius 3 is 2.44 bits per heavy atom. The highest BCUT2D eigenvalue weighted by Gasteiger charge is 2.23. The van der Waals surface area contributed by atoms with E-state index in [1.165, 1.54) is 12.1 Å². The van der Waals surface area contributed by atoms with Crippen LogP contribution in [0.2, 0.25) is 0 Å². The summed E-state index contributed by atoms with van der Waals surface area (Å²) in [6.07, 6.45) is 3.54. The van der Waals surface area contributed by atoms with Crippen LogP contribution >= 0.6 is 0 Å². The number of methoxy groups -OCH3 is 1. The van der Waals surface area contributed by atoms with Gasteiger partial charge in [0.15, 0.2) is 0 Å². The van der Waals surface area contributed by atoms with E-state index < -0.39 is 0 Å². The first-order valence-corrected chi connectivity index (χ1v) is 12.2. The van der Waals surface area contributed by atoms with Crippen molar-refractivity contribution in [1.82, 2.24) is 14.7 Å². The van der Waals surface area contributed by atoms with E-state index in [2.05, 4.69) is 11.8 Å². The van der Waals surface area contributed by atoms with Gasteiger partial charge in [-0.05, 0) is 42.3 Å². The van der Waals surface area contributed by atoms with Crippen molar-refractivity contribution in [3.05, 3.63) is 65.5 Å². The molecule has 1 saturated heterocycles. The van der Waals surface area contributed by atoms with Crippen LogP contribution in [0.4, 0.5) is 4.39 Å². The second kappa shape index (κ2) is 13.1. The first kappa shape index (κ1) is 25.7. The standard InChI is InChI=1S/C27H36FN3O3/c1-3-4-5-9-26(32)31(21-22-10-12-24(28)13-11-22)19-16-29-14-17-30(18-15-29)27(33)23-7-6-8-25(20-23)34-2/h6-8,10-13,20H,3-5,9,14-19,21H2,1-2H3. The molecule has 2 aromatic rings. The number of unbranched alkanes of at least 4 members (excludes halogenated alkanes) is 2. The van der Waals surface area contributed by atoms with Crippen molar-refractivity contribution in [3.8, 4) is 5.75 Å². The molecule has 1 fully saturated rings. The SMILES string of the molecule is CCCCCC(=O)N(CCN1CCN(C(=O)c2cccc(OC)c2)CC1)Cc1ccc(F)cc1. The predicted octanol–water partition coefficient (Wildman–Crippen LogP) is 4.20. The summed E-state index contributed by atoms with van der Waals surface area (Å²) in [6, 6.07) is 13.6. The number of nitrogens with zero attached hydrogens (tertiary/aromatic N) is 3. The van der Waals surface area contributed by atoms with Gasteiger partial charge in [0.05, 0.1) is 7.11 Å². The van der Waals surface area contributed by atoms with Crippen LogP contribution in [-0.2, 0) is 11.3 Å². The van der Waals surface area contributed by atoms with Crippen LogP contribution < -0.4 is 4.74 Å². The van der Waals surface area contributed by atoms with Crippen LogP contribution in [0.15, 0.2) is 48.5 Å². The van der Waals surface area contributed by atoms with E-state index in [1.807, 2.05) is 28.0 Å². The van der Waals surface area contributed by atoms with E-state index in [9.17, 15) is 14.0 Å². The Morgan fingerprint density at radius 2 is 1.76 bits per heavy atom. The Balaban J connectivity index is 1.52. The molecule has 6 nitrogen and oxygen atoms in total. The van der Waals surface area contributed by atoms with Crippen LogP contribution in [0.3, 0.4) is 0 Å². The molecule has 0 bridgehead atoms. The number of hydrogen-bond donors (Lipinski definition) is 0. The lowest BCUT2D eigenvalue weighted by Gasteiger charge is -2.36. The fraction of sp³-hybridized carbons (Fsp3) is 0.481. The van der Waals surface area contributed by atoms with E-state index >= 15 is 0 Å². The van der Waals surface area contributed by atoms with E-state index in [0.717, 1.165) is 44.5 Å². The zero-order chi connectivity index (χ0) is 24.3. The number of hydrogen-bond acceptors (Lipinski definition) is 4. The molecule has 0 saturated carbocycles. The lowest BCUT2D eigenvalue weighted by molar-refractivity contribution is -0.132. The second-order valence-corrected chi connectivity index (χ2v) is 8.76. The van der Waals surface area contributed by atoms with Gasteiger partial charge in [-0.3, -0.25) is 14.5 Å². The van der Waals surface area contributed by atoms with Crippen LogP contribution in [0, 0.1) is 5.82 Å². The normalized spacial score (nSPS) is 14.1. The molecule has 0 aromatic heterocycles. The Hall–Kier alpha value is -2.93. The number of amides is 2. The number of carbonyl (C=O) groups excluding carboxylic acids is 2. The summed E-state index contributed by atoms with van der Waals surface area (Å²) in [5.41, 5.74) is 1.56. The van der Waals surface area contributed by atoms with Gasteiger partial charge >= 0.3 is 0 Å². The Morgan fingerprint density at radius 1 is 1.03 bits per heavy atom. The Labute approximate surface area is 202 Å². The highest BCUT2D eigenvalue weighted by atomic mass is 19.1. The molecular formula is C27H36FN3O3. The number of piperazine rings is 1. The van der Waals surface area contributed by atoms with Crippen molar-refractivity contribution < 1.29 is 18.7 Å². The summed E-state index contributed by atoms with van der Waals surface area (Å²) in [7, 11) is 1.59. The van der Waals surface area contributed by atoms with Gasteiger partial charge in [-0.1, -0.05) is 38.0 Å². The fourth-order valence-electron chi connectivity index (χ4n) is 4.16. The predicted molar refractivity (Wildman–Crippen MR) is 131 cm³/mol. The minimum atomic E-state index is -0.272. The minimum Gasteiger partial charge on any atom is -0.497 e. The fourth-order valence-corrected chi connectivity index (χ4v) is 4.16. The Kier molecular flexibility index (Phi) is 9.89. The molecule has 0 N–H and O–H groups in total. The molecule has 0 atom stereocenters. The maximum absolute atomic E-state index is 13.3. The van der Waals surface area contributed by atoms with Gasteiger partial charge in [0.1, 0.15) is 11.6 Å². The maximum atomic E-state index is 13.3. The summed E-state index contributed by atoms with van der Waals surface area (Å²) in [5.74, 6) is 0.562. The van der Waals surface area contributed by atoms with Crippen LogP contribution in [0.5, 0.6) is 5.75 Å². The first-order valence-electron chi connectivity index (χ1n) is 12.2. The first-order chi connectivity index (χ1) is 16.5. The average Bonchev–Trinajstić information content (AvgIpc) is 2.87. The summed E-state index contributed by atoms with van der Waals surface area (Å²) in [5, 5.41) is 0. The summed E-state index contributed by atoms with van der Waals surface area (Å²) in [4.78, 5) is 31.8. The third kappa shape index (κ3) is 7.55. The summed E-state index contributed by atoms with van der Waals surface area (Å²) < 4.78 is 18.5. The molecule has 0 spiro atoms. The second-order valence-electron chi connectivity index (χ2n) is 8.76. The Bertz CT molecular complexity index is 927. The number of halogens is 1. The number of rotatable bonds is 11. The van der Waals surface area contributed by atoms with Crippen molar-refractivity contribution >= 4 is 11.8 Å². The monoisotopic (exact) mass is 469 g/mol. The maximum Gasteiger partial charge on any atom is 0.254 e. The molecular weight excluding hydrogens is 433 g/mol. The molecule has 1 heterocycles. The largest absolute Gasteiger partial charge is 0.497 e. The molecule has 7 heteroatoms. The van der Waals surface area contributed by atoms with Crippen LogP contribution in [0.25, 0.3) is 0 Å². The van der Waals surface area contributed by atoms with E-state index in [-0.39, 0.29) is 17.6 Å². The molecule has 184 valence electrons. The number of benzene rings is 2. The molecule has 34 heavy (non-hydrogen) atoms. The van der Waals surface area contributed by atoms with E-state index in [1.54, 1.807) is 25.3 Å². The van der Waals surface area contributed by atoms with Gasteiger partial charge in [-0.25, -0.2) is 4.39 Å². The van der Waals surface area contributed by atoms with Crippen molar-refractivity contribution in [2.24, 2.45) is 0 Å².